The van der Waals surface area contributed by atoms with Gasteiger partial charge in [-0.15, -0.1) is 0 Å². The number of carbonyl (C=O) groups excluding carboxylic acids is 3. The number of fused-ring (bicyclic) bond motifs is 3. The zero-order valence-electron chi connectivity index (χ0n) is 18.9. The van der Waals surface area contributed by atoms with E-state index in [9.17, 15) is 14.4 Å². The summed E-state index contributed by atoms with van der Waals surface area (Å²) < 4.78 is 0. The number of hydrogen-bond donors (Lipinski definition) is 2. The molecule has 5 rings (SSSR count). The van der Waals surface area contributed by atoms with Crippen LogP contribution < -0.4 is 15.5 Å². The van der Waals surface area contributed by atoms with Crippen molar-refractivity contribution >= 4 is 29.1 Å². The van der Waals surface area contributed by atoms with Crippen LogP contribution in [0.3, 0.4) is 0 Å². The summed E-state index contributed by atoms with van der Waals surface area (Å²) in [5, 5.41) is 5.93. The Labute approximate surface area is 198 Å². The Morgan fingerprint density at radius 3 is 2.65 bits per heavy atom. The Morgan fingerprint density at radius 1 is 1.06 bits per heavy atom. The van der Waals surface area contributed by atoms with E-state index in [-0.39, 0.29) is 30.2 Å². The lowest BCUT2D eigenvalue weighted by Gasteiger charge is -2.33. The highest BCUT2D eigenvalue weighted by Crippen LogP contribution is 2.35. The zero-order valence-corrected chi connectivity index (χ0v) is 18.9. The molecule has 170 valence electrons. The maximum Gasteiger partial charge on any atom is 0.240 e. The summed E-state index contributed by atoms with van der Waals surface area (Å²) in [7, 11) is 0. The van der Waals surface area contributed by atoms with Crippen molar-refractivity contribution < 1.29 is 14.4 Å². The summed E-state index contributed by atoms with van der Waals surface area (Å²) in [6, 6.07) is 14.6. The van der Waals surface area contributed by atoms with E-state index >= 15 is 0 Å². The van der Waals surface area contributed by atoms with E-state index in [2.05, 4.69) is 16.7 Å². The normalized spacial score (nSPS) is 19.1. The molecule has 6 heteroatoms. The molecule has 0 aromatic heterocycles. The van der Waals surface area contributed by atoms with Crippen molar-refractivity contribution in [2.24, 2.45) is 0 Å². The van der Waals surface area contributed by atoms with Gasteiger partial charge in [-0.3, -0.25) is 19.3 Å². The minimum absolute atomic E-state index is 0.104. The summed E-state index contributed by atoms with van der Waals surface area (Å²) in [6.07, 6.45) is 10.8. The highest BCUT2D eigenvalue weighted by Gasteiger charge is 2.37. The van der Waals surface area contributed by atoms with Crippen LogP contribution in [0.2, 0.25) is 0 Å². The van der Waals surface area contributed by atoms with Gasteiger partial charge in [-0.05, 0) is 66.0 Å². The Hall–Kier alpha value is -4.19. The molecule has 1 heterocycles. The van der Waals surface area contributed by atoms with Crippen molar-refractivity contribution in [2.45, 2.75) is 32.2 Å². The first kappa shape index (κ1) is 21.6. The van der Waals surface area contributed by atoms with Crippen LogP contribution in [0.25, 0.3) is 0 Å². The van der Waals surface area contributed by atoms with Crippen LogP contribution in [-0.2, 0) is 20.8 Å². The van der Waals surface area contributed by atoms with Crippen LogP contribution in [0.1, 0.15) is 24.0 Å². The predicted molar refractivity (Wildman–Crippen MR) is 132 cm³/mol. The molecule has 0 saturated carbocycles. The second kappa shape index (κ2) is 8.98. The lowest BCUT2D eigenvalue weighted by Crippen LogP contribution is -2.41. The van der Waals surface area contributed by atoms with Crippen molar-refractivity contribution in [3.8, 4) is 0 Å². The van der Waals surface area contributed by atoms with E-state index in [4.69, 9.17) is 0 Å². The fraction of sp³-hybridized carbons (Fsp3) is 0.179. The van der Waals surface area contributed by atoms with E-state index in [1.165, 1.54) is 0 Å². The van der Waals surface area contributed by atoms with E-state index in [1.54, 1.807) is 29.2 Å². The Bertz CT molecular complexity index is 1300. The van der Waals surface area contributed by atoms with Gasteiger partial charge in [0, 0.05) is 11.4 Å². The number of allylic oxidation sites excluding steroid dienone is 5. The van der Waals surface area contributed by atoms with Crippen LogP contribution in [0.4, 0.5) is 11.4 Å². The summed E-state index contributed by atoms with van der Waals surface area (Å²) in [4.78, 5) is 39.6. The molecule has 2 N–H and O–H groups in total. The van der Waals surface area contributed by atoms with Gasteiger partial charge in [0.1, 0.15) is 6.42 Å². The number of anilines is 2. The first-order chi connectivity index (χ1) is 16.5. The lowest BCUT2D eigenvalue weighted by molar-refractivity contribution is -0.127. The quantitative estimate of drug-likeness (QED) is 0.687. The van der Waals surface area contributed by atoms with E-state index < -0.39 is 0 Å². The average Bonchev–Trinajstić information content (AvgIpc) is 2.95. The molecular weight excluding hydrogens is 426 g/mol. The number of nitrogens with zero attached hydrogens (tertiary/aromatic N) is 1. The number of aryl methyl sites for hydroxylation is 1. The van der Waals surface area contributed by atoms with Gasteiger partial charge >= 0.3 is 0 Å². The lowest BCUT2D eigenvalue weighted by atomic mass is 9.86. The average molecular weight is 452 g/mol. The summed E-state index contributed by atoms with van der Waals surface area (Å²) in [5.74, 6) is -0.681. The predicted octanol–water partition coefficient (Wildman–Crippen LogP) is 4.11. The van der Waals surface area contributed by atoms with E-state index in [0.717, 1.165) is 34.4 Å². The molecule has 2 aromatic rings. The molecule has 34 heavy (non-hydrogen) atoms. The number of benzene rings is 2. The van der Waals surface area contributed by atoms with Gasteiger partial charge in [0.05, 0.1) is 18.2 Å². The SMILES string of the molecule is Cc1ccccc1CC(=O)Nc1ccc(N2C(=O)CC(=O)NC3C4=CC=CCC4=CC=C32)cc1. The van der Waals surface area contributed by atoms with Gasteiger partial charge in [-0.2, -0.15) is 0 Å². The van der Waals surface area contributed by atoms with Crippen LogP contribution in [0, 0.1) is 6.92 Å². The first-order valence-electron chi connectivity index (χ1n) is 11.3. The van der Waals surface area contributed by atoms with Gasteiger partial charge in [-0.1, -0.05) is 48.6 Å². The van der Waals surface area contributed by atoms with E-state index in [0.29, 0.717) is 17.8 Å². The van der Waals surface area contributed by atoms with Crippen LogP contribution in [0.15, 0.2) is 95.8 Å². The topological polar surface area (TPSA) is 78.5 Å². The zero-order chi connectivity index (χ0) is 23.7. The summed E-state index contributed by atoms with van der Waals surface area (Å²) >= 11 is 0. The van der Waals surface area contributed by atoms with Gasteiger partial charge < -0.3 is 10.6 Å². The molecule has 0 spiro atoms. The van der Waals surface area contributed by atoms with Crippen molar-refractivity contribution in [1.82, 2.24) is 5.32 Å². The third kappa shape index (κ3) is 4.22. The Morgan fingerprint density at radius 2 is 1.85 bits per heavy atom. The second-order valence-electron chi connectivity index (χ2n) is 8.64. The maximum absolute atomic E-state index is 13.0. The molecular formula is C28H25N3O3. The number of hydrogen-bond acceptors (Lipinski definition) is 3. The molecule has 1 atom stereocenters. The second-order valence-corrected chi connectivity index (χ2v) is 8.64. The van der Waals surface area contributed by atoms with Crippen molar-refractivity contribution in [3.05, 3.63) is 107 Å². The molecule has 3 aliphatic rings. The number of nitrogens with one attached hydrogen (secondary N) is 2. The first-order valence-corrected chi connectivity index (χ1v) is 11.3. The molecule has 2 aliphatic carbocycles. The monoisotopic (exact) mass is 451 g/mol. The standard InChI is InChI=1S/C28H25N3O3/c1-18-6-2-3-8-20(18)16-25(32)29-21-11-13-22(14-12-21)31-24-15-10-19-7-4-5-9-23(19)28(24)30-26(33)17-27(31)34/h2-6,8-15,28H,7,16-17H2,1H3,(H,29,32)(H,30,33). The summed E-state index contributed by atoms with van der Waals surface area (Å²) in [5.41, 5.74) is 6.22. The minimum atomic E-state index is -0.377. The molecule has 1 unspecified atom stereocenters. The Balaban J connectivity index is 1.38. The Kier molecular flexibility index (Phi) is 5.72. The number of rotatable bonds is 4. The molecule has 1 aliphatic heterocycles. The molecule has 0 radical (unpaired) electrons. The molecule has 2 aromatic carbocycles. The van der Waals surface area contributed by atoms with Crippen molar-refractivity contribution in [1.29, 1.82) is 0 Å². The highest BCUT2D eigenvalue weighted by atomic mass is 16.2. The van der Waals surface area contributed by atoms with Crippen molar-refractivity contribution in [2.75, 3.05) is 10.2 Å². The number of amides is 3. The molecule has 3 amide bonds. The fourth-order valence-electron chi connectivity index (χ4n) is 4.58. The minimum Gasteiger partial charge on any atom is -0.343 e. The molecule has 1 fully saturated rings. The highest BCUT2D eigenvalue weighted by molar-refractivity contribution is 6.09. The maximum atomic E-state index is 13.0. The van der Waals surface area contributed by atoms with Gasteiger partial charge in [0.2, 0.25) is 17.7 Å². The van der Waals surface area contributed by atoms with Crippen molar-refractivity contribution in [3.63, 3.8) is 0 Å². The number of carbonyl (C=O) groups is 3. The van der Waals surface area contributed by atoms with Crippen LogP contribution in [0.5, 0.6) is 0 Å². The molecule has 6 nitrogen and oxygen atoms in total. The third-order valence-electron chi connectivity index (χ3n) is 6.33. The van der Waals surface area contributed by atoms with Crippen LogP contribution >= 0.6 is 0 Å². The fourth-order valence-corrected chi connectivity index (χ4v) is 4.58. The van der Waals surface area contributed by atoms with Gasteiger partial charge in [-0.25, -0.2) is 0 Å². The smallest absolute Gasteiger partial charge is 0.240 e. The van der Waals surface area contributed by atoms with Gasteiger partial charge in [0.15, 0.2) is 0 Å². The molecule has 0 bridgehead atoms. The summed E-state index contributed by atoms with van der Waals surface area (Å²) in [6.45, 7) is 1.99. The third-order valence-corrected chi connectivity index (χ3v) is 6.33. The van der Waals surface area contributed by atoms with Gasteiger partial charge in [0.25, 0.3) is 0 Å². The molecule has 1 saturated heterocycles. The largest absolute Gasteiger partial charge is 0.343 e. The van der Waals surface area contributed by atoms with Crippen LogP contribution in [-0.4, -0.2) is 23.8 Å². The van der Waals surface area contributed by atoms with E-state index in [1.807, 2.05) is 55.5 Å².